The number of nitrogens with zero attached hydrogens (tertiary/aromatic N) is 4. The van der Waals surface area contributed by atoms with Gasteiger partial charge in [-0.3, -0.25) is 0 Å². The Balaban J connectivity index is 2.10. The molecule has 0 atom stereocenters. The number of benzene rings is 2. The molecular formula is C23H20N4+2. The van der Waals surface area contributed by atoms with Gasteiger partial charge in [0.25, 0.3) is 0 Å². The SMILES string of the molecule is [C-]#[N+]c1cc(-[n+]2ccccc2C)c(C)c(-[n+]2c(C)cnc3ccccc32)c1. The first-order valence-corrected chi connectivity index (χ1v) is 8.86. The van der Waals surface area contributed by atoms with Gasteiger partial charge < -0.3 is 0 Å². The normalized spacial score (nSPS) is 10.7. The zero-order chi connectivity index (χ0) is 19.0. The second kappa shape index (κ2) is 6.62. The highest BCUT2D eigenvalue weighted by atomic mass is 15.0. The molecule has 0 saturated heterocycles. The van der Waals surface area contributed by atoms with Crippen LogP contribution in [-0.4, -0.2) is 4.98 Å². The predicted octanol–water partition coefficient (Wildman–Crippen LogP) is 4.26. The lowest BCUT2D eigenvalue weighted by Gasteiger charge is -2.09. The molecule has 0 aliphatic rings. The van der Waals surface area contributed by atoms with Gasteiger partial charge in [-0.05, 0) is 13.0 Å². The zero-order valence-corrected chi connectivity index (χ0v) is 15.6. The van der Waals surface area contributed by atoms with Gasteiger partial charge in [-0.2, -0.15) is 9.13 Å². The van der Waals surface area contributed by atoms with E-state index >= 15 is 0 Å². The lowest BCUT2D eigenvalue weighted by Crippen LogP contribution is -2.39. The molecule has 27 heavy (non-hydrogen) atoms. The fourth-order valence-corrected chi connectivity index (χ4v) is 3.51. The predicted molar refractivity (Wildman–Crippen MR) is 105 cm³/mol. The monoisotopic (exact) mass is 352 g/mol. The van der Waals surface area contributed by atoms with Crippen LogP contribution in [0.2, 0.25) is 0 Å². The molecule has 2 aromatic carbocycles. The summed E-state index contributed by atoms with van der Waals surface area (Å²) in [4.78, 5) is 8.28. The molecule has 0 fully saturated rings. The molecule has 4 aromatic rings. The highest BCUT2D eigenvalue weighted by Crippen LogP contribution is 2.25. The van der Waals surface area contributed by atoms with E-state index in [1.165, 1.54) is 0 Å². The van der Waals surface area contributed by atoms with Crippen molar-refractivity contribution in [3.8, 4) is 11.4 Å². The van der Waals surface area contributed by atoms with E-state index in [4.69, 9.17) is 6.57 Å². The molecule has 0 aliphatic heterocycles. The third kappa shape index (κ3) is 2.84. The van der Waals surface area contributed by atoms with Gasteiger partial charge in [0.05, 0.1) is 18.3 Å². The summed E-state index contributed by atoms with van der Waals surface area (Å²) in [5.41, 5.74) is 7.87. The van der Waals surface area contributed by atoms with Crippen LogP contribution in [0, 0.1) is 27.3 Å². The summed E-state index contributed by atoms with van der Waals surface area (Å²) in [6.07, 6.45) is 3.92. The van der Waals surface area contributed by atoms with Crippen LogP contribution in [0.15, 0.2) is 67.0 Å². The standard InChI is InChI=1S/C23H20N4/c1-16-9-7-8-12-26(16)22-13-19(24-4)14-23(18(22)3)27-17(2)15-25-20-10-5-6-11-21(20)27/h5-15H,1-3H3/q+2. The van der Waals surface area contributed by atoms with Crippen LogP contribution in [0.5, 0.6) is 0 Å². The van der Waals surface area contributed by atoms with Crippen molar-refractivity contribution in [3.63, 3.8) is 0 Å². The summed E-state index contributed by atoms with van der Waals surface area (Å²) in [5, 5.41) is 0. The number of hydrogen-bond acceptors (Lipinski definition) is 1. The van der Waals surface area contributed by atoms with Gasteiger partial charge in [0, 0.05) is 44.2 Å². The van der Waals surface area contributed by atoms with Gasteiger partial charge in [0.1, 0.15) is 5.52 Å². The maximum absolute atomic E-state index is 7.60. The van der Waals surface area contributed by atoms with E-state index in [1.54, 1.807) is 0 Å². The van der Waals surface area contributed by atoms with Crippen molar-refractivity contribution < 1.29 is 9.13 Å². The Morgan fingerprint density at radius 2 is 1.63 bits per heavy atom. The summed E-state index contributed by atoms with van der Waals surface area (Å²) in [6.45, 7) is 13.8. The number of aryl methyl sites for hydroxylation is 2. The molecule has 4 heteroatoms. The molecule has 4 rings (SSSR count). The van der Waals surface area contributed by atoms with E-state index in [2.05, 4.69) is 44.9 Å². The first-order chi connectivity index (χ1) is 13.1. The fourth-order valence-electron chi connectivity index (χ4n) is 3.51. The van der Waals surface area contributed by atoms with Crippen molar-refractivity contribution in [2.75, 3.05) is 0 Å². The molecule has 2 aromatic heterocycles. The van der Waals surface area contributed by atoms with Gasteiger partial charge in [-0.25, -0.2) is 9.83 Å². The third-order valence-corrected chi connectivity index (χ3v) is 4.90. The van der Waals surface area contributed by atoms with E-state index in [1.807, 2.05) is 61.8 Å². The van der Waals surface area contributed by atoms with E-state index < -0.39 is 0 Å². The van der Waals surface area contributed by atoms with Crippen molar-refractivity contribution in [2.24, 2.45) is 0 Å². The average Bonchev–Trinajstić information content (AvgIpc) is 2.69. The summed E-state index contributed by atoms with van der Waals surface area (Å²) >= 11 is 0. The molecule has 130 valence electrons. The Bertz CT molecular complexity index is 1220. The molecule has 0 bridgehead atoms. The van der Waals surface area contributed by atoms with Crippen LogP contribution in [0.1, 0.15) is 17.0 Å². The molecule has 4 nitrogen and oxygen atoms in total. The topological polar surface area (TPSA) is 25.0 Å². The highest BCUT2D eigenvalue weighted by molar-refractivity contribution is 5.71. The Morgan fingerprint density at radius 1 is 0.889 bits per heavy atom. The summed E-state index contributed by atoms with van der Waals surface area (Å²) < 4.78 is 4.32. The van der Waals surface area contributed by atoms with E-state index in [0.717, 1.165) is 39.4 Å². The van der Waals surface area contributed by atoms with Crippen LogP contribution in [-0.2, 0) is 0 Å². The number of aromatic nitrogens is 3. The second-order valence-electron chi connectivity index (χ2n) is 6.66. The van der Waals surface area contributed by atoms with Crippen LogP contribution in [0.4, 0.5) is 5.69 Å². The minimum Gasteiger partial charge on any atom is -0.243 e. The van der Waals surface area contributed by atoms with Crippen molar-refractivity contribution in [1.82, 2.24) is 4.98 Å². The first kappa shape index (κ1) is 16.9. The minimum absolute atomic E-state index is 0.620. The van der Waals surface area contributed by atoms with Crippen LogP contribution in [0.25, 0.3) is 27.3 Å². The van der Waals surface area contributed by atoms with Gasteiger partial charge in [0.15, 0.2) is 17.6 Å². The molecule has 0 radical (unpaired) electrons. The van der Waals surface area contributed by atoms with Crippen LogP contribution < -0.4 is 9.13 Å². The van der Waals surface area contributed by atoms with E-state index in [-0.39, 0.29) is 0 Å². The van der Waals surface area contributed by atoms with Gasteiger partial charge in [0.2, 0.25) is 22.6 Å². The van der Waals surface area contributed by atoms with Gasteiger partial charge >= 0.3 is 0 Å². The van der Waals surface area contributed by atoms with E-state index in [9.17, 15) is 0 Å². The molecular weight excluding hydrogens is 332 g/mol. The first-order valence-electron chi connectivity index (χ1n) is 8.86. The third-order valence-electron chi connectivity index (χ3n) is 4.90. The van der Waals surface area contributed by atoms with Crippen LogP contribution >= 0.6 is 0 Å². The maximum Gasteiger partial charge on any atom is 0.237 e. The lowest BCUT2D eigenvalue weighted by molar-refractivity contribution is -0.605. The van der Waals surface area contributed by atoms with Crippen molar-refractivity contribution in [2.45, 2.75) is 20.8 Å². The Kier molecular flexibility index (Phi) is 4.13. The second-order valence-corrected chi connectivity index (χ2v) is 6.66. The highest BCUT2D eigenvalue weighted by Gasteiger charge is 2.25. The Hall–Kier alpha value is -3.58. The number of fused-ring (bicyclic) bond motifs is 1. The van der Waals surface area contributed by atoms with Crippen molar-refractivity contribution in [3.05, 3.63) is 95.4 Å². The van der Waals surface area contributed by atoms with Crippen LogP contribution in [0.3, 0.4) is 0 Å². The Morgan fingerprint density at radius 3 is 2.41 bits per heavy atom. The van der Waals surface area contributed by atoms with E-state index in [0.29, 0.717) is 5.69 Å². The maximum atomic E-state index is 7.60. The molecule has 0 aliphatic carbocycles. The number of hydrogen-bond donors (Lipinski definition) is 0. The molecule has 0 N–H and O–H groups in total. The summed E-state index contributed by atoms with van der Waals surface area (Å²) in [6, 6.07) is 18.1. The lowest BCUT2D eigenvalue weighted by atomic mass is 10.1. The zero-order valence-electron chi connectivity index (χ0n) is 15.6. The Labute approximate surface area is 158 Å². The number of pyridine rings is 1. The fraction of sp³-hybridized carbons (Fsp3) is 0.130. The number of rotatable bonds is 2. The van der Waals surface area contributed by atoms with Gasteiger partial charge in [-0.1, -0.05) is 18.2 Å². The minimum atomic E-state index is 0.620. The quantitative estimate of drug-likeness (QED) is 0.391. The smallest absolute Gasteiger partial charge is 0.237 e. The average molecular weight is 352 g/mol. The van der Waals surface area contributed by atoms with Gasteiger partial charge in [-0.15, -0.1) is 0 Å². The molecule has 0 unspecified atom stereocenters. The molecule has 0 amide bonds. The largest absolute Gasteiger partial charge is 0.243 e. The molecule has 0 saturated carbocycles. The summed E-state index contributed by atoms with van der Waals surface area (Å²) in [7, 11) is 0. The summed E-state index contributed by atoms with van der Waals surface area (Å²) in [5.74, 6) is 0. The molecule has 0 spiro atoms. The number of para-hydroxylation sites is 2. The van der Waals surface area contributed by atoms with Crippen molar-refractivity contribution >= 4 is 16.7 Å². The molecule has 2 heterocycles. The van der Waals surface area contributed by atoms with Crippen molar-refractivity contribution in [1.29, 1.82) is 0 Å².